The van der Waals surface area contributed by atoms with Crippen molar-refractivity contribution >= 4 is 27.3 Å². The molecule has 0 atom stereocenters. The second-order valence-electron chi connectivity index (χ2n) is 5.66. The Hall–Kier alpha value is -2.37. The number of hydrogen-bond donors (Lipinski definition) is 1. The molecule has 7 nitrogen and oxygen atoms in total. The fourth-order valence-electron chi connectivity index (χ4n) is 2.49. The predicted molar refractivity (Wildman–Crippen MR) is 95.0 cm³/mol. The number of hydrogen-bond acceptors (Lipinski definition) is 5. The molecule has 0 aliphatic rings. The number of primary sulfonamides is 1. The predicted octanol–water partition coefficient (Wildman–Crippen LogP) is 4.66. The number of alkyl halides is 3. The largest absolute Gasteiger partial charge is 0.449 e. The van der Waals surface area contributed by atoms with E-state index in [1.165, 1.54) is 6.07 Å². The first-order chi connectivity index (χ1) is 12.9. The molecular formula is C16H14ClF3N2O5S. The fourth-order valence-corrected chi connectivity index (χ4v) is 3.69. The van der Waals surface area contributed by atoms with Crippen molar-refractivity contribution in [3.8, 4) is 11.5 Å². The van der Waals surface area contributed by atoms with E-state index in [0.29, 0.717) is 12.5 Å². The van der Waals surface area contributed by atoms with E-state index < -0.39 is 53.8 Å². The van der Waals surface area contributed by atoms with Gasteiger partial charge in [0.05, 0.1) is 15.5 Å². The molecule has 0 aliphatic carbocycles. The van der Waals surface area contributed by atoms with Crippen molar-refractivity contribution in [2.45, 2.75) is 30.8 Å². The number of nitro groups is 1. The topological polar surface area (TPSA) is 113 Å². The number of nitrogens with two attached hydrogens (primary N) is 1. The summed E-state index contributed by atoms with van der Waals surface area (Å²) >= 11 is 6.07. The van der Waals surface area contributed by atoms with Crippen molar-refractivity contribution in [3.05, 3.63) is 56.6 Å². The van der Waals surface area contributed by atoms with Crippen LogP contribution in [0.4, 0.5) is 18.9 Å². The Kier molecular flexibility index (Phi) is 6.21. The molecule has 0 saturated carbocycles. The van der Waals surface area contributed by atoms with Crippen LogP contribution in [0, 0.1) is 10.1 Å². The first-order valence-corrected chi connectivity index (χ1v) is 9.67. The van der Waals surface area contributed by atoms with Crippen LogP contribution in [0.3, 0.4) is 0 Å². The molecule has 152 valence electrons. The van der Waals surface area contributed by atoms with Gasteiger partial charge in [0.1, 0.15) is 10.6 Å². The zero-order valence-electron chi connectivity index (χ0n) is 14.3. The summed E-state index contributed by atoms with van der Waals surface area (Å²) < 4.78 is 68.4. The van der Waals surface area contributed by atoms with E-state index in [9.17, 15) is 31.7 Å². The lowest BCUT2D eigenvalue weighted by Gasteiger charge is -2.17. The molecule has 2 N–H and O–H groups in total. The first-order valence-electron chi connectivity index (χ1n) is 7.74. The molecule has 0 heterocycles. The van der Waals surface area contributed by atoms with Crippen LogP contribution in [-0.4, -0.2) is 13.3 Å². The average molecular weight is 439 g/mol. The van der Waals surface area contributed by atoms with E-state index in [0.717, 1.165) is 18.2 Å². The molecule has 0 aromatic heterocycles. The molecule has 2 aromatic rings. The summed E-state index contributed by atoms with van der Waals surface area (Å²) in [4.78, 5) is 9.78. The highest BCUT2D eigenvalue weighted by Gasteiger charge is 2.36. The van der Waals surface area contributed by atoms with E-state index in [2.05, 4.69) is 0 Å². The number of ether oxygens (including phenoxy) is 1. The van der Waals surface area contributed by atoms with Gasteiger partial charge in [-0.2, -0.15) is 13.2 Å². The van der Waals surface area contributed by atoms with Crippen LogP contribution in [0.1, 0.15) is 24.5 Å². The molecule has 0 bridgehead atoms. The van der Waals surface area contributed by atoms with Gasteiger partial charge in [-0.1, -0.05) is 37.1 Å². The zero-order valence-corrected chi connectivity index (χ0v) is 15.9. The van der Waals surface area contributed by atoms with Crippen molar-refractivity contribution < 1.29 is 31.2 Å². The average Bonchev–Trinajstić information content (AvgIpc) is 2.56. The molecule has 0 radical (unpaired) electrons. The summed E-state index contributed by atoms with van der Waals surface area (Å²) in [6.07, 6.45) is -4.42. The monoisotopic (exact) mass is 438 g/mol. The number of rotatable bonds is 6. The van der Waals surface area contributed by atoms with Gasteiger partial charge in [-0.25, -0.2) is 13.6 Å². The molecule has 0 saturated heterocycles. The van der Waals surface area contributed by atoms with Crippen LogP contribution < -0.4 is 9.88 Å². The number of halogens is 4. The Morgan fingerprint density at radius 3 is 2.39 bits per heavy atom. The smallest absolute Gasteiger partial charge is 0.419 e. The van der Waals surface area contributed by atoms with E-state index in [1.54, 1.807) is 6.92 Å². The van der Waals surface area contributed by atoms with Gasteiger partial charge in [0.15, 0.2) is 0 Å². The zero-order chi connectivity index (χ0) is 21.3. The third kappa shape index (κ3) is 4.54. The molecular weight excluding hydrogens is 425 g/mol. The lowest BCUT2D eigenvalue weighted by molar-refractivity contribution is -0.385. The SMILES string of the molecule is CCCc1c(Cl)c(S(N)(=O)=O)cc([N+](=O)[O-])c1Oc1ccccc1C(F)(F)F. The number of benzene rings is 2. The summed E-state index contributed by atoms with van der Waals surface area (Å²) in [5.41, 5.74) is -2.15. The van der Waals surface area contributed by atoms with E-state index in [4.69, 9.17) is 21.5 Å². The molecule has 12 heteroatoms. The van der Waals surface area contributed by atoms with Crippen LogP contribution in [0.25, 0.3) is 0 Å². The minimum absolute atomic E-state index is 0.00650. The van der Waals surface area contributed by atoms with Crippen LogP contribution in [0.5, 0.6) is 11.5 Å². The van der Waals surface area contributed by atoms with Gasteiger partial charge in [0.2, 0.25) is 15.8 Å². The van der Waals surface area contributed by atoms with Crippen molar-refractivity contribution in [2.24, 2.45) is 5.14 Å². The molecule has 0 spiro atoms. The Morgan fingerprint density at radius 2 is 1.89 bits per heavy atom. The number of para-hydroxylation sites is 1. The third-order valence-electron chi connectivity index (χ3n) is 3.66. The van der Waals surface area contributed by atoms with Crippen molar-refractivity contribution in [2.75, 3.05) is 0 Å². The Balaban J connectivity index is 2.81. The Bertz CT molecular complexity index is 1030. The Morgan fingerprint density at radius 1 is 1.29 bits per heavy atom. The molecule has 0 aliphatic heterocycles. The van der Waals surface area contributed by atoms with E-state index >= 15 is 0 Å². The van der Waals surface area contributed by atoms with Gasteiger partial charge in [-0.3, -0.25) is 10.1 Å². The summed E-state index contributed by atoms with van der Waals surface area (Å²) in [5, 5.41) is 16.1. The van der Waals surface area contributed by atoms with Crippen LogP contribution >= 0.6 is 11.6 Å². The lowest BCUT2D eigenvalue weighted by atomic mass is 10.1. The second-order valence-corrected chi connectivity index (χ2v) is 7.57. The van der Waals surface area contributed by atoms with Gasteiger partial charge in [-0.05, 0) is 18.6 Å². The molecule has 0 fully saturated rings. The maximum Gasteiger partial charge on any atom is 0.419 e. The minimum Gasteiger partial charge on any atom is -0.449 e. The Labute approximate surface area is 163 Å². The summed E-state index contributed by atoms with van der Waals surface area (Å²) in [6.45, 7) is 1.67. The highest BCUT2D eigenvalue weighted by atomic mass is 35.5. The van der Waals surface area contributed by atoms with Gasteiger partial charge >= 0.3 is 11.9 Å². The molecule has 2 rings (SSSR count). The van der Waals surface area contributed by atoms with E-state index in [1.807, 2.05) is 0 Å². The van der Waals surface area contributed by atoms with Crippen LogP contribution in [0.15, 0.2) is 35.2 Å². The van der Waals surface area contributed by atoms with Crippen LogP contribution in [0.2, 0.25) is 5.02 Å². The molecule has 0 unspecified atom stereocenters. The lowest BCUT2D eigenvalue weighted by Crippen LogP contribution is -2.15. The summed E-state index contributed by atoms with van der Waals surface area (Å²) in [5.74, 6) is -1.25. The standard InChI is InChI=1S/C16H14ClF3N2O5S/c1-2-5-9-14(17)13(28(21,25)26)8-11(22(23)24)15(9)27-12-7-4-3-6-10(12)16(18,19)20/h3-4,6-8H,2,5H2,1H3,(H2,21,25,26). The number of nitrogens with zero attached hydrogens (tertiary/aromatic N) is 1. The van der Waals surface area contributed by atoms with Gasteiger partial charge < -0.3 is 4.74 Å². The van der Waals surface area contributed by atoms with Crippen molar-refractivity contribution in [1.29, 1.82) is 0 Å². The number of nitro benzene ring substituents is 1. The van der Waals surface area contributed by atoms with Crippen molar-refractivity contribution in [3.63, 3.8) is 0 Å². The fraction of sp³-hybridized carbons (Fsp3) is 0.250. The van der Waals surface area contributed by atoms with Gasteiger partial charge in [0.25, 0.3) is 0 Å². The van der Waals surface area contributed by atoms with Crippen LogP contribution in [-0.2, 0) is 22.6 Å². The molecule has 0 amide bonds. The van der Waals surface area contributed by atoms with Crippen molar-refractivity contribution in [1.82, 2.24) is 0 Å². The maximum atomic E-state index is 13.2. The highest BCUT2D eigenvalue weighted by Crippen LogP contribution is 2.45. The summed E-state index contributed by atoms with van der Waals surface area (Å²) in [6, 6.07) is 4.71. The normalized spacial score (nSPS) is 12.1. The molecule has 28 heavy (non-hydrogen) atoms. The van der Waals surface area contributed by atoms with E-state index in [-0.39, 0.29) is 12.0 Å². The quantitative estimate of drug-likeness (QED) is 0.520. The maximum absolute atomic E-state index is 13.2. The van der Waals surface area contributed by atoms with Gasteiger partial charge in [-0.15, -0.1) is 0 Å². The minimum atomic E-state index is -4.78. The van der Waals surface area contributed by atoms with Gasteiger partial charge in [0, 0.05) is 11.6 Å². The highest BCUT2D eigenvalue weighted by molar-refractivity contribution is 7.89. The number of sulfonamides is 1. The third-order valence-corrected chi connectivity index (χ3v) is 5.14. The molecule has 2 aromatic carbocycles. The summed E-state index contributed by atoms with van der Waals surface area (Å²) in [7, 11) is -4.42. The first kappa shape index (κ1) is 21.9. The second kappa shape index (κ2) is 7.94.